The van der Waals surface area contributed by atoms with Crippen molar-refractivity contribution in [2.45, 2.75) is 64.8 Å². The molecule has 83 valence electrons. The Morgan fingerprint density at radius 1 is 1.21 bits per heavy atom. The fourth-order valence-electron chi connectivity index (χ4n) is 1.41. The molecule has 1 N–H and O–H groups in total. The number of rotatable bonds is 8. The lowest BCUT2D eigenvalue weighted by Gasteiger charge is -2.07. The maximum Gasteiger partial charge on any atom is 0.220 e. The quantitative estimate of drug-likeness (QED) is 0.597. The summed E-state index contributed by atoms with van der Waals surface area (Å²) in [6.45, 7) is 7.81. The maximum absolute atomic E-state index is 11.2. The monoisotopic (exact) mass is 198 g/mol. The molecule has 0 saturated heterocycles. The van der Waals surface area contributed by atoms with Crippen molar-refractivity contribution in [3.63, 3.8) is 0 Å². The van der Waals surface area contributed by atoms with E-state index in [1.54, 1.807) is 0 Å². The normalized spacial score (nSPS) is 10.6. The Bertz CT molecular complexity index is 143. The van der Waals surface area contributed by atoms with Crippen LogP contribution in [0.3, 0.4) is 0 Å². The van der Waals surface area contributed by atoms with E-state index >= 15 is 0 Å². The lowest BCUT2D eigenvalue weighted by Crippen LogP contribution is -2.29. The molecular formula is C12H24NO. The Morgan fingerprint density at radius 2 is 1.79 bits per heavy atom. The number of unbranched alkanes of at least 4 members (excludes halogenated alkanes) is 5. The number of nitrogens with one attached hydrogen (secondary N) is 1. The largest absolute Gasteiger partial charge is 0.354 e. The van der Waals surface area contributed by atoms with Gasteiger partial charge in [-0.15, -0.1) is 0 Å². The molecule has 14 heavy (non-hydrogen) atoms. The van der Waals surface area contributed by atoms with Crippen LogP contribution in [0, 0.1) is 6.92 Å². The predicted molar refractivity (Wildman–Crippen MR) is 61.0 cm³/mol. The minimum absolute atomic E-state index is 0.0302. The molecule has 1 amide bonds. The Labute approximate surface area is 88.5 Å². The third-order valence-corrected chi connectivity index (χ3v) is 2.16. The molecule has 0 rings (SSSR count). The average Bonchev–Trinajstić information content (AvgIpc) is 2.10. The van der Waals surface area contributed by atoms with Gasteiger partial charge in [0.05, 0.1) is 0 Å². The van der Waals surface area contributed by atoms with Crippen molar-refractivity contribution >= 4 is 5.91 Å². The molecule has 0 saturated carbocycles. The van der Waals surface area contributed by atoms with Gasteiger partial charge in [0, 0.05) is 12.5 Å². The first kappa shape index (κ1) is 13.5. The number of amides is 1. The number of hydrogen-bond acceptors (Lipinski definition) is 1. The van der Waals surface area contributed by atoms with E-state index in [4.69, 9.17) is 0 Å². The second-order valence-corrected chi connectivity index (χ2v) is 3.99. The van der Waals surface area contributed by atoms with Gasteiger partial charge in [-0.1, -0.05) is 39.0 Å². The van der Waals surface area contributed by atoms with Gasteiger partial charge in [-0.25, -0.2) is 0 Å². The summed E-state index contributed by atoms with van der Waals surface area (Å²) in [5.41, 5.74) is 0. The molecule has 0 aliphatic heterocycles. The van der Waals surface area contributed by atoms with Gasteiger partial charge in [-0.3, -0.25) is 4.79 Å². The molecule has 0 aromatic carbocycles. The molecule has 0 aromatic rings. The molecule has 1 unspecified atom stereocenters. The van der Waals surface area contributed by atoms with Crippen LogP contribution in [-0.4, -0.2) is 11.9 Å². The summed E-state index contributed by atoms with van der Waals surface area (Å²) in [5.74, 6) is 0.142. The average molecular weight is 198 g/mol. The highest BCUT2D eigenvalue weighted by Gasteiger charge is 2.01. The zero-order valence-electron chi connectivity index (χ0n) is 9.64. The molecule has 1 atom stereocenters. The summed E-state index contributed by atoms with van der Waals surface area (Å²) in [6, 6.07) is 0.0302. The van der Waals surface area contributed by atoms with Crippen molar-refractivity contribution in [3.8, 4) is 0 Å². The van der Waals surface area contributed by atoms with Gasteiger partial charge in [-0.05, 0) is 20.3 Å². The van der Waals surface area contributed by atoms with Crippen molar-refractivity contribution in [2.24, 2.45) is 0 Å². The van der Waals surface area contributed by atoms with E-state index in [1.165, 1.54) is 32.1 Å². The minimum Gasteiger partial charge on any atom is -0.354 e. The lowest BCUT2D eigenvalue weighted by atomic mass is 10.1. The zero-order chi connectivity index (χ0) is 10.8. The van der Waals surface area contributed by atoms with Gasteiger partial charge in [0.1, 0.15) is 0 Å². The Morgan fingerprint density at radius 3 is 2.36 bits per heavy atom. The van der Waals surface area contributed by atoms with Crippen molar-refractivity contribution < 1.29 is 4.79 Å². The molecule has 0 aromatic heterocycles. The summed E-state index contributed by atoms with van der Waals surface area (Å²) in [5, 5.41) is 2.79. The third kappa shape index (κ3) is 9.56. The lowest BCUT2D eigenvalue weighted by molar-refractivity contribution is -0.121. The molecule has 0 aliphatic carbocycles. The van der Waals surface area contributed by atoms with Crippen molar-refractivity contribution in [1.82, 2.24) is 5.32 Å². The van der Waals surface area contributed by atoms with Crippen LogP contribution in [-0.2, 0) is 4.79 Å². The molecule has 0 fully saturated rings. The van der Waals surface area contributed by atoms with Crippen molar-refractivity contribution in [2.75, 3.05) is 0 Å². The van der Waals surface area contributed by atoms with E-state index in [9.17, 15) is 4.79 Å². The molecule has 0 spiro atoms. The zero-order valence-corrected chi connectivity index (χ0v) is 9.64. The first-order valence-electron chi connectivity index (χ1n) is 5.79. The van der Waals surface area contributed by atoms with Crippen LogP contribution in [0.4, 0.5) is 0 Å². The highest BCUT2D eigenvalue weighted by Crippen LogP contribution is 2.06. The first-order valence-corrected chi connectivity index (χ1v) is 5.79. The Hall–Kier alpha value is -0.530. The Balaban J connectivity index is 3.15. The molecule has 0 heterocycles. The Kier molecular flexibility index (Phi) is 8.70. The smallest absolute Gasteiger partial charge is 0.220 e. The summed E-state index contributed by atoms with van der Waals surface area (Å²) in [6.07, 6.45) is 8.03. The van der Waals surface area contributed by atoms with Crippen LogP contribution < -0.4 is 5.32 Å². The fraction of sp³-hybridized carbons (Fsp3) is 0.833. The van der Waals surface area contributed by atoms with E-state index in [1.807, 2.05) is 6.92 Å². The summed E-state index contributed by atoms with van der Waals surface area (Å²) in [7, 11) is 0. The molecule has 0 bridgehead atoms. The topological polar surface area (TPSA) is 29.1 Å². The number of hydrogen-bond donors (Lipinski definition) is 1. The maximum atomic E-state index is 11.2. The highest BCUT2D eigenvalue weighted by atomic mass is 16.1. The van der Waals surface area contributed by atoms with Crippen LogP contribution in [0.25, 0.3) is 0 Å². The van der Waals surface area contributed by atoms with Gasteiger partial charge in [0.2, 0.25) is 5.91 Å². The van der Waals surface area contributed by atoms with Crippen LogP contribution in [0.1, 0.15) is 58.8 Å². The third-order valence-electron chi connectivity index (χ3n) is 2.16. The van der Waals surface area contributed by atoms with Crippen molar-refractivity contribution in [3.05, 3.63) is 6.92 Å². The van der Waals surface area contributed by atoms with Gasteiger partial charge >= 0.3 is 0 Å². The van der Waals surface area contributed by atoms with Crippen LogP contribution in [0.15, 0.2) is 0 Å². The fourth-order valence-corrected chi connectivity index (χ4v) is 1.41. The van der Waals surface area contributed by atoms with Gasteiger partial charge in [0.25, 0.3) is 0 Å². The predicted octanol–water partition coefficient (Wildman–Crippen LogP) is 3.08. The minimum atomic E-state index is 0.0302. The van der Waals surface area contributed by atoms with E-state index in [0.29, 0.717) is 6.42 Å². The van der Waals surface area contributed by atoms with E-state index in [2.05, 4.69) is 19.2 Å². The van der Waals surface area contributed by atoms with E-state index in [0.717, 1.165) is 6.42 Å². The van der Waals surface area contributed by atoms with Gasteiger partial charge < -0.3 is 5.32 Å². The first-order chi connectivity index (χ1) is 6.66. The standard InChI is InChI=1S/C12H24NO/c1-4-5-6-7-8-9-10-12(14)13-11(2)3/h11H,2,4-10H2,1,3H3,(H,13,14). The molecular weight excluding hydrogens is 174 g/mol. The summed E-state index contributed by atoms with van der Waals surface area (Å²) < 4.78 is 0. The summed E-state index contributed by atoms with van der Waals surface area (Å²) >= 11 is 0. The van der Waals surface area contributed by atoms with E-state index < -0.39 is 0 Å². The molecule has 0 aliphatic rings. The number of carbonyl (C=O) groups excluding carboxylic acids is 1. The van der Waals surface area contributed by atoms with Crippen LogP contribution in [0.2, 0.25) is 0 Å². The van der Waals surface area contributed by atoms with Crippen molar-refractivity contribution in [1.29, 1.82) is 0 Å². The van der Waals surface area contributed by atoms with Crippen LogP contribution in [0.5, 0.6) is 0 Å². The second kappa shape index (κ2) is 9.04. The molecule has 2 nitrogen and oxygen atoms in total. The van der Waals surface area contributed by atoms with Gasteiger partial charge in [0.15, 0.2) is 0 Å². The van der Waals surface area contributed by atoms with Gasteiger partial charge in [-0.2, -0.15) is 0 Å². The van der Waals surface area contributed by atoms with E-state index in [-0.39, 0.29) is 11.9 Å². The molecule has 1 radical (unpaired) electrons. The second-order valence-electron chi connectivity index (χ2n) is 3.99. The molecule has 2 heteroatoms. The SMILES string of the molecule is [CH2]C(C)NC(=O)CCCCCCCC. The number of carbonyl (C=O) groups is 1. The highest BCUT2D eigenvalue weighted by molar-refractivity contribution is 5.76. The van der Waals surface area contributed by atoms with Crippen LogP contribution >= 0.6 is 0 Å². The summed E-state index contributed by atoms with van der Waals surface area (Å²) in [4.78, 5) is 11.2.